The number of rotatable bonds is 7. The van der Waals surface area contributed by atoms with Gasteiger partial charge < -0.3 is 14.8 Å². The number of hydrogen-bond donors (Lipinski definition) is 1. The van der Waals surface area contributed by atoms with Crippen LogP contribution in [0.2, 0.25) is 0 Å². The van der Waals surface area contributed by atoms with E-state index >= 15 is 0 Å². The summed E-state index contributed by atoms with van der Waals surface area (Å²) in [7, 11) is 0. The lowest BCUT2D eigenvalue weighted by molar-refractivity contribution is -0.116. The van der Waals surface area contributed by atoms with Crippen LogP contribution in [0, 0.1) is 0 Å². The summed E-state index contributed by atoms with van der Waals surface area (Å²) < 4.78 is 10.9. The van der Waals surface area contributed by atoms with Gasteiger partial charge in [-0.15, -0.1) is 0 Å². The van der Waals surface area contributed by atoms with E-state index in [1.807, 2.05) is 61.5 Å². The van der Waals surface area contributed by atoms with Gasteiger partial charge >= 0.3 is 0 Å². The molecule has 0 radical (unpaired) electrons. The van der Waals surface area contributed by atoms with Crippen LogP contribution in [0.5, 0.6) is 11.5 Å². The Morgan fingerprint density at radius 3 is 2.19 bits per heavy atom. The highest BCUT2D eigenvalue weighted by atomic mass is 16.5. The molecule has 2 aromatic carbocycles. The lowest BCUT2D eigenvalue weighted by atomic mass is 10.3. The molecular formula is C17H19NO3. The van der Waals surface area contributed by atoms with Crippen molar-refractivity contribution in [2.75, 3.05) is 18.5 Å². The second-order valence-electron chi connectivity index (χ2n) is 4.42. The molecule has 2 aromatic rings. The molecule has 21 heavy (non-hydrogen) atoms. The lowest BCUT2D eigenvalue weighted by Gasteiger charge is -2.08. The number of benzene rings is 2. The zero-order valence-corrected chi connectivity index (χ0v) is 12.0. The maximum atomic E-state index is 11.7. The van der Waals surface area contributed by atoms with Gasteiger partial charge in [0.1, 0.15) is 11.5 Å². The predicted octanol–water partition coefficient (Wildman–Crippen LogP) is 3.49. The molecule has 0 saturated heterocycles. The number of para-hydroxylation sites is 1. The molecule has 0 saturated carbocycles. The number of carbonyl (C=O) groups excluding carboxylic acids is 1. The van der Waals surface area contributed by atoms with Gasteiger partial charge in [0.2, 0.25) is 5.91 Å². The average Bonchev–Trinajstić information content (AvgIpc) is 2.50. The zero-order chi connectivity index (χ0) is 14.9. The number of hydrogen-bond acceptors (Lipinski definition) is 3. The highest BCUT2D eigenvalue weighted by Gasteiger charge is 2.03. The molecule has 0 aromatic heterocycles. The van der Waals surface area contributed by atoms with Crippen LogP contribution in [-0.4, -0.2) is 19.1 Å². The van der Waals surface area contributed by atoms with Crippen molar-refractivity contribution < 1.29 is 14.3 Å². The van der Waals surface area contributed by atoms with Crippen LogP contribution in [-0.2, 0) is 4.79 Å². The van der Waals surface area contributed by atoms with Crippen molar-refractivity contribution in [2.45, 2.75) is 13.3 Å². The van der Waals surface area contributed by atoms with Gasteiger partial charge in [0.15, 0.2) is 0 Å². The number of anilines is 1. The molecule has 4 heteroatoms. The molecule has 0 aliphatic rings. The van der Waals surface area contributed by atoms with Crippen molar-refractivity contribution in [2.24, 2.45) is 0 Å². The minimum atomic E-state index is -0.0628. The molecule has 2 rings (SSSR count). The van der Waals surface area contributed by atoms with Crippen molar-refractivity contribution >= 4 is 11.6 Å². The van der Waals surface area contributed by atoms with E-state index in [1.165, 1.54) is 0 Å². The molecule has 0 atom stereocenters. The first-order chi connectivity index (χ1) is 10.3. The van der Waals surface area contributed by atoms with Gasteiger partial charge in [-0.3, -0.25) is 4.79 Å². The Kier molecular flexibility index (Phi) is 5.64. The molecule has 110 valence electrons. The number of nitrogens with one attached hydrogen (secondary N) is 1. The molecule has 0 unspecified atom stereocenters. The monoisotopic (exact) mass is 285 g/mol. The van der Waals surface area contributed by atoms with Crippen LogP contribution < -0.4 is 14.8 Å². The van der Waals surface area contributed by atoms with E-state index in [4.69, 9.17) is 9.47 Å². The second-order valence-corrected chi connectivity index (χ2v) is 4.42. The smallest absolute Gasteiger partial charge is 0.227 e. The van der Waals surface area contributed by atoms with E-state index in [-0.39, 0.29) is 5.91 Å². The van der Waals surface area contributed by atoms with Crippen LogP contribution >= 0.6 is 0 Å². The Labute approximate surface area is 124 Å². The summed E-state index contributed by atoms with van der Waals surface area (Å²) in [4.78, 5) is 11.7. The Balaban J connectivity index is 1.72. The third-order valence-corrected chi connectivity index (χ3v) is 2.79. The van der Waals surface area contributed by atoms with Gasteiger partial charge in [0.25, 0.3) is 0 Å². The van der Waals surface area contributed by atoms with E-state index in [9.17, 15) is 4.79 Å². The van der Waals surface area contributed by atoms with Crippen LogP contribution in [0.15, 0.2) is 54.6 Å². The molecular weight excluding hydrogens is 266 g/mol. The summed E-state index contributed by atoms with van der Waals surface area (Å²) >= 11 is 0. The predicted molar refractivity (Wildman–Crippen MR) is 82.8 cm³/mol. The third-order valence-electron chi connectivity index (χ3n) is 2.79. The number of amides is 1. The van der Waals surface area contributed by atoms with Gasteiger partial charge in [-0.05, 0) is 43.3 Å². The third kappa shape index (κ3) is 5.18. The molecule has 0 spiro atoms. The lowest BCUT2D eigenvalue weighted by Crippen LogP contribution is -2.15. The maximum absolute atomic E-state index is 11.7. The Bertz CT molecular complexity index is 552. The van der Waals surface area contributed by atoms with E-state index in [0.717, 1.165) is 17.2 Å². The summed E-state index contributed by atoms with van der Waals surface area (Å²) in [6, 6.07) is 16.7. The molecule has 1 amide bonds. The van der Waals surface area contributed by atoms with E-state index < -0.39 is 0 Å². The van der Waals surface area contributed by atoms with Crippen molar-refractivity contribution in [3.63, 3.8) is 0 Å². The van der Waals surface area contributed by atoms with E-state index in [0.29, 0.717) is 19.6 Å². The quantitative estimate of drug-likeness (QED) is 0.847. The Morgan fingerprint density at radius 2 is 1.57 bits per heavy atom. The largest absolute Gasteiger partial charge is 0.494 e. The first kappa shape index (κ1) is 14.9. The van der Waals surface area contributed by atoms with Crippen LogP contribution in [0.3, 0.4) is 0 Å². The summed E-state index contributed by atoms with van der Waals surface area (Å²) in [6.45, 7) is 2.92. The average molecular weight is 285 g/mol. The van der Waals surface area contributed by atoms with E-state index in [2.05, 4.69) is 5.32 Å². The second kappa shape index (κ2) is 7.94. The van der Waals surface area contributed by atoms with Gasteiger partial charge in [-0.2, -0.15) is 0 Å². The molecule has 0 aliphatic carbocycles. The van der Waals surface area contributed by atoms with Gasteiger partial charge in [0, 0.05) is 5.69 Å². The maximum Gasteiger partial charge on any atom is 0.227 e. The van der Waals surface area contributed by atoms with Crippen molar-refractivity contribution in [3.05, 3.63) is 54.6 Å². The van der Waals surface area contributed by atoms with Crippen molar-refractivity contribution in [1.82, 2.24) is 0 Å². The molecule has 0 heterocycles. The van der Waals surface area contributed by atoms with Crippen molar-refractivity contribution in [1.29, 1.82) is 0 Å². The van der Waals surface area contributed by atoms with Gasteiger partial charge in [-0.25, -0.2) is 0 Å². The molecule has 0 aliphatic heterocycles. The fourth-order valence-electron chi connectivity index (χ4n) is 1.81. The van der Waals surface area contributed by atoms with Crippen LogP contribution in [0.25, 0.3) is 0 Å². The zero-order valence-electron chi connectivity index (χ0n) is 12.0. The summed E-state index contributed by atoms with van der Waals surface area (Å²) in [5, 5.41) is 2.82. The van der Waals surface area contributed by atoms with Gasteiger partial charge in [0.05, 0.1) is 19.6 Å². The highest BCUT2D eigenvalue weighted by Crippen LogP contribution is 2.17. The fraction of sp³-hybridized carbons (Fsp3) is 0.235. The summed E-state index contributed by atoms with van der Waals surface area (Å²) in [6.07, 6.45) is 0.308. The normalized spacial score (nSPS) is 9.95. The first-order valence-electron chi connectivity index (χ1n) is 6.98. The van der Waals surface area contributed by atoms with Gasteiger partial charge in [-0.1, -0.05) is 18.2 Å². The SMILES string of the molecule is CCOc1ccc(OCCC(=O)Nc2ccccc2)cc1. The van der Waals surface area contributed by atoms with Crippen LogP contribution in [0.4, 0.5) is 5.69 Å². The molecule has 0 fully saturated rings. The topological polar surface area (TPSA) is 47.6 Å². The van der Waals surface area contributed by atoms with E-state index in [1.54, 1.807) is 0 Å². The molecule has 1 N–H and O–H groups in total. The summed E-state index contributed by atoms with van der Waals surface area (Å²) in [5.74, 6) is 1.48. The summed E-state index contributed by atoms with van der Waals surface area (Å²) in [5.41, 5.74) is 0.795. The standard InChI is InChI=1S/C17H19NO3/c1-2-20-15-8-10-16(11-9-15)21-13-12-17(19)18-14-6-4-3-5-7-14/h3-11H,2,12-13H2,1H3,(H,18,19). The fourth-order valence-corrected chi connectivity index (χ4v) is 1.81. The minimum Gasteiger partial charge on any atom is -0.494 e. The van der Waals surface area contributed by atoms with Crippen LogP contribution in [0.1, 0.15) is 13.3 Å². The Morgan fingerprint density at radius 1 is 0.952 bits per heavy atom. The molecule has 4 nitrogen and oxygen atoms in total. The highest BCUT2D eigenvalue weighted by molar-refractivity contribution is 5.90. The number of carbonyl (C=O) groups is 1. The number of ether oxygens (including phenoxy) is 2. The molecule has 0 bridgehead atoms. The van der Waals surface area contributed by atoms with Crippen molar-refractivity contribution in [3.8, 4) is 11.5 Å². The minimum absolute atomic E-state index is 0.0628. The Hall–Kier alpha value is -2.49. The first-order valence-corrected chi connectivity index (χ1v) is 6.98.